The molecule has 0 aromatic heterocycles. The summed E-state index contributed by atoms with van der Waals surface area (Å²) in [6.07, 6.45) is 23.7. The molecule has 0 amide bonds. The van der Waals surface area contributed by atoms with Gasteiger partial charge in [-0.05, 0) is 99.7 Å². The van der Waals surface area contributed by atoms with E-state index in [1.54, 1.807) is 0 Å². The lowest BCUT2D eigenvalue weighted by atomic mass is 9.68. The third kappa shape index (κ3) is 6.68. The summed E-state index contributed by atoms with van der Waals surface area (Å²) in [5, 5.41) is 0. The lowest BCUT2D eigenvalue weighted by Gasteiger charge is -2.37. The minimum Gasteiger partial charge on any atom is -0.391 e. The van der Waals surface area contributed by atoms with E-state index >= 15 is 0 Å². The first-order valence-electron chi connectivity index (χ1n) is 13.6. The number of carbonyl (C=O) groups is 2. The van der Waals surface area contributed by atoms with Crippen LogP contribution in [-0.4, -0.2) is 24.6 Å². The van der Waals surface area contributed by atoms with Crippen molar-refractivity contribution < 1.29 is 19.1 Å². The SMILES string of the molecule is CCCC1CCC(C2CCC(/C=C/C3CCC(COC4CC(=O)OC4=O)CC3)CC2)CC1. The second-order valence-electron chi connectivity index (χ2n) is 11.2. The number of hydrogen-bond acceptors (Lipinski definition) is 4. The Morgan fingerprint density at radius 2 is 1.31 bits per heavy atom. The van der Waals surface area contributed by atoms with Crippen molar-refractivity contribution in [3.63, 3.8) is 0 Å². The summed E-state index contributed by atoms with van der Waals surface area (Å²) >= 11 is 0. The van der Waals surface area contributed by atoms with Crippen molar-refractivity contribution in [3.05, 3.63) is 12.2 Å². The number of ether oxygens (including phenoxy) is 2. The first kappa shape index (κ1) is 24.0. The van der Waals surface area contributed by atoms with Crippen molar-refractivity contribution in [2.75, 3.05) is 6.61 Å². The summed E-state index contributed by atoms with van der Waals surface area (Å²) in [7, 11) is 0. The Morgan fingerprint density at radius 1 is 0.781 bits per heavy atom. The fourth-order valence-electron chi connectivity index (χ4n) is 6.86. The first-order valence-corrected chi connectivity index (χ1v) is 13.6. The summed E-state index contributed by atoms with van der Waals surface area (Å²) in [6, 6.07) is 0. The molecule has 0 aromatic rings. The molecule has 0 aromatic carbocycles. The van der Waals surface area contributed by atoms with Crippen LogP contribution in [0.4, 0.5) is 0 Å². The van der Waals surface area contributed by atoms with Gasteiger partial charge in [0.05, 0.1) is 13.0 Å². The topological polar surface area (TPSA) is 52.6 Å². The minimum absolute atomic E-state index is 0.0826. The molecule has 0 bridgehead atoms. The molecule has 3 saturated carbocycles. The van der Waals surface area contributed by atoms with Gasteiger partial charge >= 0.3 is 11.9 Å². The summed E-state index contributed by atoms with van der Waals surface area (Å²) in [5.74, 6) is 4.10. The van der Waals surface area contributed by atoms with Gasteiger partial charge in [0.25, 0.3) is 0 Å². The lowest BCUT2D eigenvalue weighted by Crippen LogP contribution is -2.25. The molecular formula is C28H44O4. The quantitative estimate of drug-likeness (QED) is 0.240. The van der Waals surface area contributed by atoms with E-state index in [0.717, 1.165) is 36.5 Å². The van der Waals surface area contributed by atoms with Crippen LogP contribution < -0.4 is 0 Å². The van der Waals surface area contributed by atoms with Crippen LogP contribution in [0.2, 0.25) is 0 Å². The van der Waals surface area contributed by atoms with Crippen LogP contribution in [0.3, 0.4) is 0 Å². The maximum Gasteiger partial charge on any atom is 0.343 e. The highest BCUT2D eigenvalue weighted by molar-refractivity contribution is 5.96. The van der Waals surface area contributed by atoms with E-state index in [0.29, 0.717) is 18.4 Å². The third-order valence-electron chi connectivity index (χ3n) is 8.98. The van der Waals surface area contributed by atoms with Crippen molar-refractivity contribution >= 4 is 11.9 Å². The van der Waals surface area contributed by atoms with Crippen molar-refractivity contribution in [2.45, 2.75) is 109 Å². The average Bonchev–Trinajstić information content (AvgIpc) is 3.15. The molecule has 1 saturated heterocycles. The van der Waals surface area contributed by atoms with Gasteiger partial charge in [-0.15, -0.1) is 0 Å². The van der Waals surface area contributed by atoms with E-state index < -0.39 is 18.0 Å². The van der Waals surface area contributed by atoms with E-state index in [-0.39, 0.29) is 6.42 Å². The van der Waals surface area contributed by atoms with Gasteiger partial charge in [-0.25, -0.2) is 4.79 Å². The monoisotopic (exact) mass is 444 g/mol. The highest BCUT2D eigenvalue weighted by atomic mass is 16.6. The molecule has 1 heterocycles. The second-order valence-corrected chi connectivity index (χ2v) is 11.2. The predicted octanol–water partition coefficient (Wildman–Crippen LogP) is 6.62. The first-order chi connectivity index (χ1) is 15.6. The Balaban J connectivity index is 1.10. The Hall–Kier alpha value is -1.16. The summed E-state index contributed by atoms with van der Waals surface area (Å²) < 4.78 is 10.2. The summed E-state index contributed by atoms with van der Waals surface area (Å²) in [6.45, 7) is 2.91. The molecule has 4 aliphatic rings. The highest BCUT2D eigenvalue weighted by Crippen LogP contribution is 2.42. The molecule has 0 spiro atoms. The fraction of sp³-hybridized carbons (Fsp3) is 0.857. The van der Waals surface area contributed by atoms with E-state index in [2.05, 4.69) is 23.8 Å². The maximum absolute atomic E-state index is 11.5. The fourth-order valence-corrected chi connectivity index (χ4v) is 6.86. The average molecular weight is 445 g/mol. The van der Waals surface area contributed by atoms with E-state index in [4.69, 9.17) is 4.74 Å². The number of cyclic esters (lactones) is 2. The Labute approximate surface area is 194 Å². The molecule has 4 rings (SSSR count). The van der Waals surface area contributed by atoms with Gasteiger partial charge in [-0.2, -0.15) is 0 Å². The molecule has 3 aliphatic carbocycles. The zero-order valence-electron chi connectivity index (χ0n) is 20.1. The zero-order valence-corrected chi connectivity index (χ0v) is 20.1. The summed E-state index contributed by atoms with van der Waals surface area (Å²) in [5.41, 5.74) is 0. The normalized spacial score (nSPS) is 38.8. The van der Waals surface area contributed by atoms with Crippen LogP contribution in [0.25, 0.3) is 0 Å². The van der Waals surface area contributed by atoms with Crippen LogP contribution in [-0.2, 0) is 19.1 Å². The number of esters is 2. The van der Waals surface area contributed by atoms with E-state index in [1.165, 1.54) is 77.0 Å². The number of rotatable bonds is 8. The van der Waals surface area contributed by atoms with Crippen LogP contribution in [0.5, 0.6) is 0 Å². The molecular weight excluding hydrogens is 400 g/mol. The van der Waals surface area contributed by atoms with Gasteiger partial charge in [0, 0.05) is 0 Å². The summed E-state index contributed by atoms with van der Waals surface area (Å²) in [4.78, 5) is 22.7. The molecule has 0 radical (unpaired) electrons. The molecule has 32 heavy (non-hydrogen) atoms. The molecule has 4 heteroatoms. The van der Waals surface area contributed by atoms with E-state index in [9.17, 15) is 9.59 Å². The van der Waals surface area contributed by atoms with Crippen molar-refractivity contribution in [1.82, 2.24) is 0 Å². The van der Waals surface area contributed by atoms with Crippen LogP contribution >= 0.6 is 0 Å². The van der Waals surface area contributed by atoms with Crippen LogP contribution in [0, 0.1) is 35.5 Å². The molecule has 4 nitrogen and oxygen atoms in total. The van der Waals surface area contributed by atoms with Crippen molar-refractivity contribution in [3.8, 4) is 0 Å². The van der Waals surface area contributed by atoms with Gasteiger partial charge < -0.3 is 9.47 Å². The largest absolute Gasteiger partial charge is 0.391 e. The zero-order chi connectivity index (χ0) is 22.3. The van der Waals surface area contributed by atoms with Gasteiger partial charge in [-0.3, -0.25) is 4.79 Å². The van der Waals surface area contributed by atoms with Gasteiger partial charge in [0.2, 0.25) is 0 Å². The number of allylic oxidation sites excluding steroid dienone is 2. The van der Waals surface area contributed by atoms with E-state index in [1.807, 2.05) is 0 Å². The Kier molecular flexibility index (Phi) is 8.85. The molecule has 1 atom stereocenters. The number of hydrogen-bond donors (Lipinski definition) is 0. The highest BCUT2D eigenvalue weighted by Gasteiger charge is 2.35. The van der Waals surface area contributed by atoms with Crippen LogP contribution in [0.1, 0.15) is 103 Å². The van der Waals surface area contributed by atoms with Gasteiger partial charge in [-0.1, -0.05) is 44.8 Å². The molecule has 1 aliphatic heterocycles. The molecule has 180 valence electrons. The molecule has 1 unspecified atom stereocenters. The smallest absolute Gasteiger partial charge is 0.343 e. The number of carbonyl (C=O) groups excluding carboxylic acids is 2. The van der Waals surface area contributed by atoms with Gasteiger partial charge in [0.1, 0.15) is 0 Å². The van der Waals surface area contributed by atoms with Crippen molar-refractivity contribution in [1.29, 1.82) is 0 Å². The molecule has 0 N–H and O–H groups in total. The predicted molar refractivity (Wildman–Crippen MR) is 126 cm³/mol. The second kappa shape index (κ2) is 11.8. The maximum atomic E-state index is 11.5. The van der Waals surface area contributed by atoms with Crippen LogP contribution in [0.15, 0.2) is 12.2 Å². The van der Waals surface area contributed by atoms with Gasteiger partial charge in [0.15, 0.2) is 6.10 Å². The Morgan fingerprint density at radius 3 is 1.84 bits per heavy atom. The Bertz CT molecular complexity index is 632. The van der Waals surface area contributed by atoms with Crippen molar-refractivity contribution in [2.24, 2.45) is 35.5 Å². The standard InChI is InChI=1S/C28H44O4/c1-2-3-20-10-14-24(15-11-20)25-16-12-22(13-17-25)5-4-21-6-8-23(9-7-21)19-31-26-18-27(29)32-28(26)30/h4-5,20-26H,2-3,6-19H2,1H3/b5-4+. The molecule has 4 fully saturated rings. The third-order valence-corrected chi connectivity index (χ3v) is 8.98. The minimum atomic E-state index is -0.665. The lowest BCUT2D eigenvalue weighted by molar-refractivity contribution is -0.155.